The highest BCUT2D eigenvalue weighted by molar-refractivity contribution is 6.29. The minimum Gasteiger partial charge on any atom is -0.341 e. The van der Waals surface area contributed by atoms with Gasteiger partial charge in [-0.3, -0.25) is 0 Å². The van der Waals surface area contributed by atoms with Crippen molar-refractivity contribution >= 4 is 17.5 Å². The van der Waals surface area contributed by atoms with E-state index in [9.17, 15) is 0 Å². The molecule has 1 aliphatic heterocycles. The van der Waals surface area contributed by atoms with Gasteiger partial charge in [-0.15, -0.1) is 0 Å². The summed E-state index contributed by atoms with van der Waals surface area (Å²) in [6.45, 7) is 2.11. The molecule has 1 fully saturated rings. The quantitative estimate of drug-likeness (QED) is 0.621. The molecular formula is C8H10ClN3. The Morgan fingerprint density at radius 1 is 1.33 bits per heavy atom. The van der Waals surface area contributed by atoms with Gasteiger partial charge in [-0.05, 0) is 18.9 Å². The Kier molecular flexibility index (Phi) is 2.13. The predicted molar refractivity (Wildman–Crippen MR) is 48.5 cm³/mol. The van der Waals surface area contributed by atoms with Gasteiger partial charge in [-0.1, -0.05) is 11.6 Å². The molecule has 0 spiro atoms. The molecule has 2 rings (SSSR count). The number of rotatable bonds is 1. The van der Waals surface area contributed by atoms with Crippen molar-refractivity contribution in [2.45, 2.75) is 12.8 Å². The van der Waals surface area contributed by atoms with E-state index in [4.69, 9.17) is 11.6 Å². The number of hydrogen-bond acceptors (Lipinski definition) is 3. The highest BCUT2D eigenvalue weighted by Gasteiger charge is 2.14. The average Bonchev–Trinajstić information content (AvgIpc) is 2.56. The van der Waals surface area contributed by atoms with E-state index in [0.717, 1.165) is 19.0 Å². The van der Waals surface area contributed by atoms with Crippen LogP contribution in [-0.4, -0.2) is 23.1 Å². The van der Waals surface area contributed by atoms with Gasteiger partial charge in [0.15, 0.2) is 0 Å². The first-order valence-electron chi connectivity index (χ1n) is 4.10. The van der Waals surface area contributed by atoms with Crippen LogP contribution in [0.3, 0.4) is 0 Å². The van der Waals surface area contributed by atoms with Crippen LogP contribution in [0.5, 0.6) is 0 Å². The average molecular weight is 184 g/mol. The van der Waals surface area contributed by atoms with Gasteiger partial charge in [0.05, 0.1) is 0 Å². The first-order chi connectivity index (χ1) is 5.86. The first-order valence-corrected chi connectivity index (χ1v) is 4.47. The zero-order valence-corrected chi connectivity index (χ0v) is 7.46. The minimum atomic E-state index is 0.520. The third-order valence-electron chi connectivity index (χ3n) is 2.00. The molecule has 0 amide bonds. The molecule has 0 unspecified atom stereocenters. The largest absolute Gasteiger partial charge is 0.341 e. The van der Waals surface area contributed by atoms with E-state index in [1.54, 1.807) is 12.3 Å². The lowest BCUT2D eigenvalue weighted by Gasteiger charge is -2.13. The number of aromatic nitrogens is 2. The Morgan fingerprint density at radius 2 is 2.08 bits per heavy atom. The van der Waals surface area contributed by atoms with E-state index in [0.29, 0.717) is 5.15 Å². The predicted octanol–water partition coefficient (Wildman–Crippen LogP) is 1.73. The van der Waals surface area contributed by atoms with Gasteiger partial charge < -0.3 is 4.90 Å². The van der Waals surface area contributed by atoms with Crippen LogP contribution < -0.4 is 4.90 Å². The van der Waals surface area contributed by atoms with E-state index in [2.05, 4.69) is 14.9 Å². The van der Waals surface area contributed by atoms with Crippen molar-refractivity contribution in [3.8, 4) is 0 Å². The Hall–Kier alpha value is -0.830. The van der Waals surface area contributed by atoms with Crippen molar-refractivity contribution in [2.24, 2.45) is 0 Å². The van der Waals surface area contributed by atoms with Crippen LogP contribution in [0.2, 0.25) is 5.15 Å². The Labute approximate surface area is 76.4 Å². The second-order valence-corrected chi connectivity index (χ2v) is 3.26. The molecule has 2 heterocycles. The van der Waals surface area contributed by atoms with E-state index < -0.39 is 0 Å². The molecule has 0 bridgehead atoms. The molecule has 1 aliphatic rings. The maximum absolute atomic E-state index is 5.75. The van der Waals surface area contributed by atoms with Gasteiger partial charge in [0.25, 0.3) is 0 Å². The van der Waals surface area contributed by atoms with Crippen LogP contribution in [0.25, 0.3) is 0 Å². The topological polar surface area (TPSA) is 29.0 Å². The zero-order valence-electron chi connectivity index (χ0n) is 6.70. The van der Waals surface area contributed by atoms with Gasteiger partial charge >= 0.3 is 0 Å². The van der Waals surface area contributed by atoms with E-state index in [1.165, 1.54) is 12.8 Å². The van der Waals surface area contributed by atoms with Crippen molar-refractivity contribution in [3.05, 3.63) is 17.4 Å². The minimum absolute atomic E-state index is 0.520. The number of hydrogen-bond donors (Lipinski definition) is 0. The smallest absolute Gasteiger partial charge is 0.226 e. The molecule has 1 aromatic heterocycles. The zero-order chi connectivity index (χ0) is 8.39. The van der Waals surface area contributed by atoms with Crippen molar-refractivity contribution in [1.82, 2.24) is 9.97 Å². The summed E-state index contributed by atoms with van der Waals surface area (Å²) in [5, 5.41) is 0.520. The summed E-state index contributed by atoms with van der Waals surface area (Å²) in [7, 11) is 0. The number of anilines is 1. The molecule has 4 heteroatoms. The van der Waals surface area contributed by atoms with Gasteiger partial charge in [0.1, 0.15) is 5.15 Å². The van der Waals surface area contributed by atoms with Crippen molar-refractivity contribution in [2.75, 3.05) is 18.0 Å². The monoisotopic (exact) mass is 183 g/mol. The normalized spacial score (nSPS) is 16.9. The van der Waals surface area contributed by atoms with Crippen molar-refractivity contribution in [3.63, 3.8) is 0 Å². The van der Waals surface area contributed by atoms with Crippen LogP contribution in [-0.2, 0) is 0 Å². The summed E-state index contributed by atoms with van der Waals surface area (Å²) in [6.07, 6.45) is 4.16. The molecule has 0 N–H and O–H groups in total. The highest BCUT2D eigenvalue weighted by Crippen LogP contribution is 2.16. The van der Waals surface area contributed by atoms with E-state index in [-0.39, 0.29) is 0 Å². The first kappa shape index (κ1) is 7.80. The molecule has 0 atom stereocenters. The molecule has 0 aromatic carbocycles. The van der Waals surface area contributed by atoms with Crippen LogP contribution in [0.1, 0.15) is 12.8 Å². The lowest BCUT2D eigenvalue weighted by Crippen LogP contribution is -2.20. The van der Waals surface area contributed by atoms with E-state index in [1.807, 2.05) is 0 Å². The van der Waals surface area contributed by atoms with Crippen LogP contribution in [0.4, 0.5) is 5.95 Å². The second kappa shape index (κ2) is 3.27. The summed E-state index contributed by atoms with van der Waals surface area (Å²) < 4.78 is 0. The van der Waals surface area contributed by atoms with E-state index >= 15 is 0 Å². The Morgan fingerprint density at radius 3 is 2.75 bits per heavy atom. The fraction of sp³-hybridized carbons (Fsp3) is 0.500. The molecular weight excluding hydrogens is 174 g/mol. The molecule has 0 saturated carbocycles. The molecule has 3 nitrogen and oxygen atoms in total. The number of halogens is 1. The third kappa shape index (κ3) is 1.50. The highest BCUT2D eigenvalue weighted by atomic mass is 35.5. The lowest BCUT2D eigenvalue weighted by atomic mass is 10.4. The van der Waals surface area contributed by atoms with Gasteiger partial charge in [-0.2, -0.15) is 0 Å². The fourth-order valence-corrected chi connectivity index (χ4v) is 1.53. The maximum Gasteiger partial charge on any atom is 0.226 e. The standard InChI is InChI=1S/C8H10ClN3/c9-7-3-4-10-8(11-7)12-5-1-2-6-12/h3-4H,1-2,5-6H2. The third-order valence-corrected chi connectivity index (χ3v) is 2.21. The van der Waals surface area contributed by atoms with Crippen molar-refractivity contribution < 1.29 is 0 Å². The van der Waals surface area contributed by atoms with Gasteiger partial charge in [0.2, 0.25) is 5.95 Å². The Bertz CT molecular complexity index is 271. The number of nitrogens with zero attached hydrogens (tertiary/aromatic N) is 3. The summed E-state index contributed by atoms with van der Waals surface area (Å²) in [4.78, 5) is 10.4. The summed E-state index contributed by atoms with van der Waals surface area (Å²) in [5.74, 6) is 0.764. The van der Waals surface area contributed by atoms with Crippen LogP contribution in [0, 0.1) is 0 Å². The second-order valence-electron chi connectivity index (χ2n) is 2.87. The lowest BCUT2D eigenvalue weighted by molar-refractivity contribution is 0.898. The summed E-state index contributed by atoms with van der Waals surface area (Å²) in [6, 6.07) is 1.70. The van der Waals surface area contributed by atoms with Crippen LogP contribution in [0.15, 0.2) is 12.3 Å². The van der Waals surface area contributed by atoms with Gasteiger partial charge in [-0.25, -0.2) is 9.97 Å². The summed E-state index contributed by atoms with van der Waals surface area (Å²) in [5.41, 5.74) is 0. The maximum atomic E-state index is 5.75. The van der Waals surface area contributed by atoms with Crippen molar-refractivity contribution in [1.29, 1.82) is 0 Å². The molecule has 12 heavy (non-hydrogen) atoms. The molecule has 1 saturated heterocycles. The summed E-state index contributed by atoms with van der Waals surface area (Å²) >= 11 is 5.75. The SMILES string of the molecule is Clc1ccnc(N2CCCC2)n1. The molecule has 0 radical (unpaired) electrons. The molecule has 0 aliphatic carbocycles. The van der Waals surface area contributed by atoms with Crippen LogP contribution >= 0.6 is 11.6 Å². The fourth-order valence-electron chi connectivity index (χ4n) is 1.40. The van der Waals surface area contributed by atoms with Gasteiger partial charge in [0, 0.05) is 19.3 Å². The Balaban J connectivity index is 2.21. The molecule has 64 valence electrons. The molecule has 1 aromatic rings.